The topological polar surface area (TPSA) is 64.3 Å². The van der Waals surface area contributed by atoms with Crippen molar-refractivity contribution in [3.8, 4) is 0 Å². The maximum absolute atomic E-state index is 11.6. The van der Waals surface area contributed by atoms with E-state index < -0.39 is 0 Å². The van der Waals surface area contributed by atoms with Gasteiger partial charge in [0.25, 0.3) is 0 Å². The zero-order valence-electron chi connectivity index (χ0n) is 11.4. The molecule has 5 heteroatoms. The first-order chi connectivity index (χ1) is 7.47. The van der Waals surface area contributed by atoms with Crippen molar-refractivity contribution >= 4 is 18.3 Å². The van der Waals surface area contributed by atoms with Gasteiger partial charge in [-0.05, 0) is 31.7 Å². The van der Waals surface area contributed by atoms with E-state index in [4.69, 9.17) is 10.5 Å². The molecule has 0 spiro atoms. The standard InChI is InChI=1S/C12H26N2O2.ClH/c1-9(2)5-6-16-11(4)12(15)14-8-10(3)7-13;/h9-11H,5-8,13H2,1-4H3,(H,14,15);1H. The van der Waals surface area contributed by atoms with Gasteiger partial charge < -0.3 is 15.8 Å². The van der Waals surface area contributed by atoms with E-state index in [9.17, 15) is 4.79 Å². The summed E-state index contributed by atoms with van der Waals surface area (Å²) in [5, 5.41) is 2.83. The molecule has 104 valence electrons. The van der Waals surface area contributed by atoms with Gasteiger partial charge in [-0.25, -0.2) is 0 Å². The number of halogens is 1. The van der Waals surface area contributed by atoms with Gasteiger partial charge in [0.2, 0.25) is 5.91 Å². The van der Waals surface area contributed by atoms with Gasteiger partial charge in [-0.2, -0.15) is 0 Å². The maximum atomic E-state index is 11.6. The fourth-order valence-electron chi connectivity index (χ4n) is 1.06. The molecule has 0 aliphatic carbocycles. The normalized spacial score (nSPS) is 14.0. The van der Waals surface area contributed by atoms with Crippen molar-refractivity contribution in [3.05, 3.63) is 0 Å². The summed E-state index contributed by atoms with van der Waals surface area (Å²) in [6.07, 6.45) is 0.611. The zero-order valence-corrected chi connectivity index (χ0v) is 12.2. The molecule has 17 heavy (non-hydrogen) atoms. The summed E-state index contributed by atoms with van der Waals surface area (Å²) in [5.41, 5.74) is 5.47. The highest BCUT2D eigenvalue weighted by atomic mass is 35.5. The molecule has 1 amide bonds. The van der Waals surface area contributed by atoms with Crippen molar-refractivity contribution in [3.63, 3.8) is 0 Å². The van der Waals surface area contributed by atoms with Gasteiger partial charge in [-0.3, -0.25) is 4.79 Å². The fraction of sp³-hybridized carbons (Fsp3) is 0.917. The molecule has 4 nitrogen and oxygen atoms in total. The van der Waals surface area contributed by atoms with E-state index in [0.717, 1.165) is 6.42 Å². The lowest BCUT2D eigenvalue weighted by molar-refractivity contribution is -0.132. The summed E-state index contributed by atoms with van der Waals surface area (Å²) in [6.45, 7) is 9.90. The van der Waals surface area contributed by atoms with Gasteiger partial charge in [0.15, 0.2) is 0 Å². The van der Waals surface area contributed by atoms with Gasteiger partial charge in [-0.15, -0.1) is 12.4 Å². The Bertz CT molecular complexity index is 201. The Morgan fingerprint density at radius 2 is 1.88 bits per heavy atom. The number of amides is 1. The van der Waals surface area contributed by atoms with E-state index in [1.165, 1.54) is 0 Å². The highest BCUT2D eigenvalue weighted by Gasteiger charge is 2.13. The van der Waals surface area contributed by atoms with Gasteiger partial charge in [0.1, 0.15) is 6.10 Å². The van der Waals surface area contributed by atoms with Gasteiger partial charge in [0.05, 0.1) is 0 Å². The summed E-state index contributed by atoms with van der Waals surface area (Å²) in [4.78, 5) is 11.6. The van der Waals surface area contributed by atoms with E-state index in [1.54, 1.807) is 6.92 Å². The highest BCUT2D eigenvalue weighted by molar-refractivity contribution is 5.85. The molecular weight excluding hydrogens is 240 g/mol. The minimum absolute atomic E-state index is 0. The fourth-order valence-corrected chi connectivity index (χ4v) is 1.06. The van der Waals surface area contributed by atoms with Crippen LogP contribution in [0, 0.1) is 11.8 Å². The number of hydrogen-bond donors (Lipinski definition) is 2. The van der Waals surface area contributed by atoms with Gasteiger partial charge in [0, 0.05) is 13.2 Å². The number of ether oxygens (including phenoxy) is 1. The molecule has 0 heterocycles. The molecule has 0 aliphatic rings. The van der Waals surface area contributed by atoms with E-state index in [-0.39, 0.29) is 24.4 Å². The monoisotopic (exact) mass is 266 g/mol. The first-order valence-electron chi connectivity index (χ1n) is 6.06. The quantitative estimate of drug-likeness (QED) is 0.701. The Morgan fingerprint density at radius 3 is 2.35 bits per heavy atom. The highest BCUT2D eigenvalue weighted by Crippen LogP contribution is 2.01. The zero-order chi connectivity index (χ0) is 12.6. The molecule has 0 bridgehead atoms. The lowest BCUT2D eigenvalue weighted by Gasteiger charge is -2.16. The van der Waals surface area contributed by atoms with Crippen molar-refractivity contribution in [1.82, 2.24) is 5.32 Å². The van der Waals surface area contributed by atoms with E-state index in [0.29, 0.717) is 31.5 Å². The van der Waals surface area contributed by atoms with Crippen LogP contribution in [0.2, 0.25) is 0 Å². The van der Waals surface area contributed by atoms with Crippen LogP contribution in [0.4, 0.5) is 0 Å². The van der Waals surface area contributed by atoms with Crippen LogP contribution in [0.15, 0.2) is 0 Å². The third-order valence-electron chi connectivity index (χ3n) is 2.46. The number of hydrogen-bond acceptors (Lipinski definition) is 3. The summed E-state index contributed by atoms with van der Waals surface area (Å²) in [5.74, 6) is 0.864. The van der Waals surface area contributed by atoms with Crippen LogP contribution < -0.4 is 11.1 Å². The Morgan fingerprint density at radius 1 is 1.29 bits per heavy atom. The molecule has 2 atom stereocenters. The van der Waals surface area contributed by atoms with Crippen LogP contribution in [0.5, 0.6) is 0 Å². The van der Waals surface area contributed by atoms with E-state index in [1.807, 2.05) is 6.92 Å². The molecule has 0 saturated carbocycles. The molecule has 0 fully saturated rings. The molecule has 0 aliphatic heterocycles. The molecule has 0 saturated heterocycles. The smallest absolute Gasteiger partial charge is 0.248 e. The second-order valence-corrected chi connectivity index (χ2v) is 4.78. The molecule has 0 rings (SSSR count). The minimum Gasteiger partial charge on any atom is -0.369 e. The predicted molar refractivity (Wildman–Crippen MR) is 73.3 cm³/mol. The van der Waals surface area contributed by atoms with Crippen molar-refractivity contribution in [2.24, 2.45) is 17.6 Å². The van der Waals surface area contributed by atoms with E-state index >= 15 is 0 Å². The van der Waals surface area contributed by atoms with Gasteiger partial charge >= 0.3 is 0 Å². The van der Waals surface area contributed by atoms with Crippen LogP contribution in [-0.4, -0.2) is 31.7 Å². The molecule has 2 unspecified atom stereocenters. The van der Waals surface area contributed by atoms with Crippen LogP contribution in [-0.2, 0) is 9.53 Å². The Balaban J connectivity index is 0. The lowest BCUT2D eigenvalue weighted by atomic mass is 10.1. The molecule has 0 aromatic carbocycles. The molecule has 0 radical (unpaired) electrons. The summed E-state index contributed by atoms with van der Waals surface area (Å²) >= 11 is 0. The van der Waals surface area contributed by atoms with E-state index in [2.05, 4.69) is 19.2 Å². The SMILES string of the molecule is CC(C)CCOC(C)C(=O)NCC(C)CN.Cl. The van der Waals surface area contributed by atoms with Crippen molar-refractivity contribution in [2.75, 3.05) is 19.7 Å². The maximum Gasteiger partial charge on any atom is 0.248 e. The summed E-state index contributed by atoms with van der Waals surface area (Å²) in [6, 6.07) is 0. The van der Waals surface area contributed by atoms with Crippen LogP contribution in [0.1, 0.15) is 34.1 Å². The van der Waals surface area contributed by atoms with Gasteiger partial charge in [-0.1, -0.05) is 20.8 Å². The lowest BCUT2D eigenvalue weighted by Crippen LogP contribution is -2.38. The van der Waals surface area contributed by atoms with Crippen molar-refractivity contribution in [1.29, 1.82) is 0 Å². The molecular formula is C12H27ClN2O2. The number of nitrogens with one attached hydrogen (secondary N) is 1. The third-order valence-corrected chi connectivity index (χ3v) is 2.46. The predicted octanol–water partition coefficient (Wildman–Crippen LogP) is 1.57. The summed E-state index contributed by atoms with van der Waals surface area (Å²) in [7, 11) is 0. The third kappa shape index (κ3) is 10.5. The second-order valence-electron chi connectivity index (χ2n) is 4.78. The Hall–Kier alpha value is -0.320. The average molecular weight is 267 g/mol. The number of nitrogens with two attached hydrogens (primary N) is 1. The molecule has 0 aromatic rings. The molecule has 0 aromatic heterocycles. The van der Waals surface area contributed by atoms with Crippen LogP contribution in [0.3, 0.4) is 0 Å². The van der Waals surface area contributed by atoms with Crippen LogP contribution >= 0.6 is 12.4 Å². The largest absolute Gasteiger partial charge is 0.369 e. The Kier molecular flexibility index (Phi) is 12.1. The number of rotatable bonds is 8. The first kappa shape index (κ1) is 19.0. The van der Waals surface area contributed by atoms with Crippen molar-refractivity contribution < 1.29 is 9.53 Å². The summed E-state index contributed by atoms with van der Waals surface area (Å²) < 4.78 is 5.44. The average Bonchev–Trinajstić information content (AvgIpc) is 2.24. The molecule has 3 N–H and O–H groups in total. The number of carbonyl (C=O) groups is 1. The second kappa shape index (κ2) is 10.8. The van der Waals surface area contributed by atoms with Crippen LogP contribution in [0.25, 0.3) is 0 Å². The Labute approximate surface area is 111 Å². The first-order valence-corrected chi connectivity index (χ1v) is 6.06. The number of carbonyl (C=O) groups excluding carboxylic acids is 1. The van der Waals surface area contributed by atoms with Crippen molar-refractivity contribution in [2.45, 2.75) is 40.2 Å². The minimum atomic E-state index is -0.372.